The van der Waals surface area contributed by atoms with Gasteiger partial charge in [-0.2, -0.15) is 0 Å². The third kappa shape index (κ3) is 4.35. The minimum Gasteiger partial charge on any atom is -0.493 e. The van der Waals surface area contributed by atoms with Crippen molar-refractivity contribution in [3.63, 3.8) is 0 Å². The van der Waals surface area contributed by atoms with Crippen LogP contribution in [0.25, 0.3) is 0 Å². The second-order valence-electron chi connectivity index (χ2n) is 6.61. The van der Waals surface area contributed by atoms with Crippen LogP contribution in [0.5, 0.6) is 11.5 Å². The molecule has 1 aromatic rings. The molecule has 1 aromatic carbocycles. The van der Waals surface area contributed by atoms with Crippen molar-refractivity contribution in [3.8, 4) is 11.5 Å². The first-order valence-corrected chi connectivity index (χ1v) is 7.69. The summed E-state index contributed by atoms with van der Waals surface area (Å²) in [6, 6.07) is 6.52. The van der Waals surface area contributed by atoms with Gasteiger partial charge in [0.1, 0.15) is 17.1 Å². The molecule has 21 heavy (non-hydrogen) atoms. The van der Waals surface area contributed by atoms with E-state index in [2.05, 4.69) is 44.2 Å². The number of ether oxygens (including phenoxy) is 2. The van der Waals surface area contributed by atoms with E-state index in [1.807, 2.05) is 19.2 Å². The highest BCUT2D eigenvalue weighted by atomic mass is 16.5. The second kappa shape index (κ2) is 6.67. The van der Waals surface area contributed by atoms with Gasteiger partial charge in [-0.05, 0) is 47.5 Å². The van der Waals surface area contributed by atoms with Crippen LogP contribution in [0.3, 0.4) is 0 Å². The first kappa shape index (κ1) is 16.1. The molecule has 118 valence electrons. The Hall–Kier alpha value is -1.26. The van der Waals surface area contributed by atoms with Gasteiger partial charge in [0, 0.05) is 30.6 Å². The minimum absolute atomic E-state index is 0.149. The molecule has 0 spiro atoms. The summed E-state index contributed by atoms with van der Waals surface area (Å²) in [6.45, 7) is 6.03. The lowest BCUT2D eigenvalue weighted by Crippen LogP contribution is -2.38. The van der Waals surface area contributed by atoms with Crippen LogP contribution in [0.4, 0.5) is 0 Å². The van der Waals surface area contributed by atoms with Crippen LogP contribution in [0.15, 0.2) is 18.2 Å². The predicted molar refractivity (Wildman–Crippen MR) is 86.2 cm³/mol. The molecule has 1 heterocycles. The SMILES string of the molecule is CNC1CC(C)(C)Oc2cc(OCCCN(C)C)ccc21. The van der Waals surface area contributed by atoms with Crippen LogP contribution in [-0.4, -0.2) is 44.8 Å². The third-order valence-corrected chi connectivity index (χ3v) is 3.81. The van der Waals surface area contributed by atoms with E-state index < -0.39 is 0 Å². The highest BCUT2D eigenvalue weighted by molar-refractivity contribution is 5.44. The number of hydrogen-bond donors (Lipinski definition) is 1. The number of benzene rings is 1. The third-order valence-electron chi connectivity index (χ3n) is 3.81. The van der Waals surface area contributed by atoms with Crippen LogP contribution in [0.1, 0.15) is 38.3 Å². The molecule has 1 aliphatic heterocycles. The van der Waals surface area contributed by atoms with Gasteiger partial charge in [-0.15, -0.1) is 0 Å². The Morgan fingerprint density at radius 1 is 1.38 bits per heavy atom. The monoisotopic (exact) mass is 292 g/mol. The van der Waals surface area contributed by atoms with Crippen LogP contribution >= 0.6 is 0 Å². The van der Waals surface area contributed by atoms with Gasteiger partial charge in [0.05, 0.1) is 6.61 Å². The van der Waals surface area contributed by atoms with E-state index in [0.717, 1.165) is 37.5 Å². The van der Waals surface area contributed by atoms with Gasteiger partial charge in [0.25, 0.3) is 0 Å². The van der Waals surface area contributed by atoms with Crippen molar-refractivity contribution in [2.75, 3.05) is 34.3 Å². The molecule has 0 aromatic heterocycles. The summed E-state index contributed by atoms with van der Waals surface area (Å²) in [4.78, 5) is 2.17. The molecule has 1 unspecified atom stereocenters. The zero-order valence-electron chi connectivity index (χ0n) is 13.9. The summed E-state index contributed by atoms with van der Waals surface area (Å²) in [5, 5.41) is 3.37. The molecule has 1 N–H and O–H groups in total. The number of rotatable bonds is 6. The van der Waals surface area contributed by atoms with E-state index in [4.69, 9.17) is 9.47 Å². The van der Waals surface area contributed by atoms with E-state index in [9.17, 15) is 0 Å². The number of nitrogens with one attached hydrogen (secondary N) is 1. The maximum Gasteiger partial charge on any atom is 0.128 e. The van der Waals surface area contributed by atoms with Crippen molar-refractivity contribution in [3.05, 3.63) is 23.8 Å². The molecule has 0 saturated carbocycles. The summed E-state index contributed by atoms with van der Waals surface area (Å²) < 4.78 is 11.9. The Kier molecular flexibility index (Phi) is 5.12. The van der Waals surface area contributed by atoms with Crippen LogP contribution in [-0.2, 0) is 0 Å². The maximum atomic E-state index is 6.11. The topological polar surface area (TPSA) is 33.7 Å². The normalized spacial score (nSPS) is 20.0. The molecule has 0 amide bonds. The lowest BCUT2D eigenvalue weighted by atomic mass is 9.90. The first-order chi connectivity index (χ1) is 9.91. The first-order valence-electron chi connectivity index (χ1n) is 7.69. The van der Waals surface area contributed by atoms with E-state index in [1.54, 1.807) is 0 Å². The molecular formula is C17H28N2O2. The van der Waals surface area contributed by atoms with E-state index in [0.29, 0.717) is 6.04 Å². The molecule has 0 fully saturated rings. The fourth-order valence-corrected chi connectivity index (χ4v) is 2.75. The van der Waals surface area contributed by atoms with Gasteiger partial charge >= 0.3 is 0 Å². The van der Waals surface area contributed by atoms with Crippen molar-refractivity contribution in [1.82, 2.24) is 10.2 Å². The van der Waals surface area contributed by atoms with Gasteiger partial charge in [0.2, 0.25) is 0 Å². The number of nitrogens with zero attached hydrogens (tertiary/aromatic N) is 1. The molecular weight excluding hydrogens is 264 g/mol. The molecule has 0 aliphatic carbocycles. The van der Waals surface area contributed by atoms with Crippen LogP contribution < -0.4 is 14.8 Å². The van der Waals surface area contributed by atoms with Crippen LogP contribution in [0.2, 0.25) is 0 Å². The Morgan fingerprint density at radius 2 is 2.14 bits per heavy atom. The minimum atomic E-state index is -0.149. The standard InChI is InChI=1S/C17H28N2O2/c1-17(2)12-15(18-3)14-8-7-13(11-16(14)21-17)20-10-6-9-19(4)5/h7-8,11,15,18H,6,9-10,12H2,1-5H3. The van der Waals surface area contributed by atoms with E-state index in [-0.39, 0.29) is 5.60 Å². The smallest absolute Gasteiger partial charge is 0.128 e. The average molecular weight is 292 g/mol. The lowest BCUT2D eigenvalue weighted by Gasteiger charge is -2.37. The van der Waals surface area contributed by atoms with E-state index >= 15 is 0 Å². The lowest BCUT2D eigenvalue weighted by molar-refractivity contribution is 0.0671. The average Bonchev–Trinajstić information content (AvgIpc) is 2.41. The second-order valence-corrected chi connectivity index (χ2v) is 6.61. The molecule has 2 rings (SSSR count). The number of fused-ring (bicyclic) bond motifs is 1. The predicted octanol–water partition coefficient (Wildman–Crippen LogP) is 2.84. The summed E-state index contributed by atoms with van der Waals surface area (Å²) in [5.41, 5.74) is 1.07. The summed E-state index contributed by atoms with van der Waals surface area (Å²) >= 11 is 0. The van der Waals surface area contributed by atoms with Crippen LogP contribution in [0, 0.1) is 0 Å². The zero-order valence-corrected chi connectivity index (χ0v) is 13.9. The molecule has 0 saturated heterocycles. The Morgan fingerprint density at radius 3 is 2.81 bits per heavy atom. The Bertz CT molecular complexity index is 472. The van der Waals surface area contributed by atoms with Crippen molar-refractivity contribution >= 4 is 0 Å². The van der Waals surface area contributed by atoms with Crippen molar-refractivity contribution in [2.45, 2.75) is 38.3 Å². The molecule has 1 aliphatic rings. The largest absolute Gasteiger partial charge is 0.493 e. The van der Waals surface area contributed by atoms with Crippen molar-refractivity contribution < 1.29 is 9.47 Å². The summed E-state index contributed by atoms with van der Waals surface area (Å²) in [5.74, 6) is 1.83. The van der Waals surface area contributed by atoms with E-state index in [1.165, 1.54) is 5.56 Å². The molecule has 4 nitrogen and oxygen atoms in total. The fourth-order valence-electron chi connectivity index (χ4n) is 2.75. The summed E-state index contributed by atoms with van der Waals surface area (Å²) in [6.07, 6.45) is 2.00. The Labute approximate surface area is 128 Å². The van der Waals surface area contributed by atoms with Crippen molar-refractivity contribution in [1.29, 1.82) is 0 Å². The quantitative estimate of drug-likeness (QED) is 0.818. The number of hydrogen-bond acceptors (Lipinski definition) is 4. The highest BCUT2D eigenvalue weighted by Crippen LogP contribution is 2.40. The van der Waals surface area contributed by atoms with Crippen molar-refractivity contribution in [2.24, 2.45) is 0 Å². The highest BCUT2D eigenvalue weighted by Gasteiger charge is 2.33. The maximum absolute atomic E-state index is 6.11. The molecule has 4 heteroatoms. The molecule has 0 bridgehead atoms. The zero-order chi connectivity index (χ0) is 15.5. The molecule has 0 radical (unpaired) electrons. The Balaban J connectivity index is 2.04. The van der Waals surface area contributed by atoms with Gasteiger partial charge in [-0.1, -0.05) is 6.07 Å². The van der Waals surface area contributed by atoms with Gasteiger partial charge in [-0.25, -0.2) is 0 Å². The summed E-state index contributed by atoms with van der Waals surface area (Å²) in [7, 11) is 6.15. The fraction of sp³-hybridized carbons (Fsp3) is 0.647. The van der Waals surface area contributed by atoms with Gasteiger partial charge in [-0.3, -0.25) is 0 Å². The van der Waals surface area contributed by atoms with Gasteiger partial charge < -0.3 is 19.7 Å². The van der Waals surface area contributed by atoms with Gasteiger partial charge in [0.15, 0.2) is 0 Å². The molecule has 1 atom stereocenters.